The number of nitrogens with one attached hydrogen (secondary N) is 1. The second kappa shape index (κ2) is 6.33. The van der Waals surface area contributed by atoms with Crippen molar-refractivity contribution in [1.29, 1.82) is 0 Å². The number of nitrogens with zero attached hydrogens (tertiary/aromatic N) is 1. The Labute approximate surface area is 119 Å². The first-order valence-electron chi connectivity index (χ1n) is 6.91. The highest BCUT2D eigenvalue weighted by molar-refractivity contribution is 7.07. The van der Waals surface area contributed by atoms with Gasteiger partial charge in [0.2, 0.25) is 0 Å². The Kier molecular flexibility index (Phi) is 4.28. The molecule has 0 amide bonds. The highest BCUT2D eigenvalue weighted by atomic mass is 32.1. The molecule has 1 unspecified atom stereocenters. The van der Waals surface area contributed by atoms with E-state index in [1.165, 1.54) is 30.6 Å². The van der Waals surface area contributed by atoms with Crippen LogP contribution in [0.1, 0.15) is 17.5 Å². The fraction of sp³-hybridized carbons (Fsp3) is 0.375. The average Bonchev–Trinajstić information content (AvgIpc) is 3.09. The number of hydrogen-bond acceptors (Lipinski definition) is 3. The van der Waals surface area contributed by atoms with Gasteiger partial charge in [0, 0.05) is 32.2 Å². The number of benzene rings is 1. The van der Waals surface area contributed by atoms with Gasteiger partial charge in [0.15, 0.2) is 0 Å². The molecule has 1 atom stereocenters. The SMILES string of the molecule is c1ccc(CN2CCC(NCc3ccsc3)C2)cc1. The summed E-state index contributed by atoms with van der Waals surface area (Å²) in [5.74, 6) is 0. The molecule has 1 aromatic carbocycles. The van der Waals surface area contributed by atoms with Gasteiger partial charge in [0.25, 0.3) is 0 Å². The minimum atomic E-state index is 0.642. The quantitative estimate of drug-likeness (QED) is 0.899. The van der Waals surface area contributed by atoms with Crippen LogP contribution in [0.3, 0.4) is 0 Å². The maximum absolute atomic E-state index is 3.66. The van der Waals surface area contributed by atoms with E-state index in [-0.39, 0.29) is 0 Å². The topological polar surface area (TPSA) is 15.3 Å². The first kappa shape index (κ1) is 12.9. The van der Waals surface area contributed by atoms with Gasteiger partial charge in [0.1, 0.15) is 0 Å². The lowest BCUT2D eigenvalue weighted by atomic mass is 10.2. The Hall–Kier alpha value is -1.16. The summed E-state index contributed by atoms with van der Waals surface area (Å²) in [5.41, 5.74) is 2.83. The molecule has 2 aromatic rings. The van der Waals surface area contributed by atoms with E-state index >= 15 is 0 Å². The molecule has 3 heteroatoms. The van der Waals surface area contributed by atoms with Crippen LogP contribution in [0.25, 0.3) is 0 Å². The molecule has 1 aliphatic rings. The van der Waals surface area contributed by atoms with Crippen LogP contribution < -0.4 is 5.32 Å². The molecule has 0 spiro atoms. The highest BCUT2D eigenvalue weighted by Crippen LogP contribution is 2.14. The maximum atomic E-state index is 3.66. The standard InChI is InChI=1S/C16H20N2S/c1-2-4-14(5-3-1)11-18-8-6-16(12-18)17-10-15-7-9-19-13-15/h1-5,7,9,13,16-17H,6,8,10-12H2. The number of thiophene rings is 1. The van der Waals surface area contributed by atoms with Gasteiger partial charge in [-0.1, -0.05) is 30.3 Å². The Morgan fingerprint density at radius 1 is 1.16 bits per heavy atom. The third-order valence-electron chi connectivity index (χ3n) is 3.70. The largest absolute Gasteiger partial charge is 0.309 e. The minimum Gasteiger partial charge on any atom is -0.309 e. The van der Waals surface area contributed by atoms with Gasteiger partial charge in [-0.05, 0) is 34.4 Å². The van der Waals surface area contributed by atoms with Crippen molar-refractivity contribution in [2.24, 2.45) is 0 Å². The van der Waals surface area contributed by atoms with Gasteiger partial charge in [-0.3, -0.25) is 4.90 Å². The Morgan fingerprint density at radius 2 is 2.05 bits per heavy atom. The van der Waals surface area contributed by atoms with Crippen molar-refractivity contribution >= 4 is 11.3 Å². The number of likely N-dealkylation sites (tertiary alicyclic amines) is 1. The van der Waals surface area contributed by atoms with Gasteiger partial charge in [-0.25, -0.2) is 0 Å². The van der Waals surface area contributed by atoms with Crippen LogP contribution in [0.2, 0.25) is 0 Å². The summed E-state index contributed by atoms with van der Waals surface area (Å²) in [6.45, 7) is 4.46. The molecule has 1 aliphatic heterocycles. The zero-order valence-electron chi connectivity index (χ0n) is 11.1. The van der Waals surface area contributed by atoms with Gasteiger partial charge >= 0.3 is 0 Å². The van der Waals surface area contributed by atoms with Gasteiger partial charge in [0.05, 0.1) is 0 Å². The van der Waals surface area contributed by atoms with Crippen molar-refractivity contribution in [3.05, 3.63) is 58.3 Å². The van der Waals surface area contributed by atoms with Crippen molar-refractivity contribution in [3.8, 4) is 0 Å². The normalized spacial score (nSPS) is 19.9. The van der Waals surface area contributed by atoms with E-state index < -0.39 is 0 Å². The van der Waals surface area contributed by atoms with Crippen LogP contribution >= 0.6 is 11.3 Å². The number of rotatable bonds is 5. The molecular weight excluding hydrogens is 252 g/mol. The molecule has 1 saturated heterocycles. The zero-order valence-corrected chi connectivity index (χ0v) is 11.9. The second-order valence-electron chi connectivity index (χ2n) is 5.22. The number of hydrogen-bond donors (Lipinski definition) is 1. The summed E-state index contributed by atoms with van der Waals surface area (Å²) < 4.78 is 0. The molecule has 0 radical (unpaired) electrons. The monoisotopic (exact) mass is 272 g/mol. The van der Waals surface area contributed by atoms with Crippen LogP contribution in [0.15, 0.2) is 47.2 Å². The lowest BCUT2D eigenvalue weighted by Gasteiger charge is -2.16. The van der Waals surface area contributed by atoms with Crippen LogP contribution in [-0.4, -0.2) is 24.0 Å². The summed E-state index contributed by atoms with van der Waals surface area (Å²) in [7, 11) is 0. The second-order valence-corrected chi connectivity index (χ2v) is 6.00. The molecule has 1 N–H and O–H groups in total. The van der Waals surface area contributed by atoms with Gasteiger partial charge < -0.3 is 5.32 Å². The summed E-state index contributed by atoms with van der Waals surface area (Å²) >= 11 is 1.77. The lowest BCUT2D eigenvalue weighted by molar-refractivity contribution is 0.320. The molecule has 1 aromatic heterocycles. The first-order chi connectivity index (χ1) is 9.40. The van der Waals surface area contributed by atoms with E-state index in [4.69, 9.17) is 0 Å². The molecule has 2 nitrogen and oxygen atoms in total. The van der Waals surface area contributed by atoms with Gasteiger partial charge in [-0.2, -0.15) is 11.3 Å². The average molecular weight is 272 g/mol. The van der Waals surface area contributed by atoms with Crippen LogP contribution in [0, 0.1) is 0 Å². The summed E-state index contributed by atoms with van der Waals surface area (Å²) in [5, 5.41) is 8.04. The van der Waals surface area contributed by atoms with Gasteiger partial charge in [-0.15, -0.1) is 0 Å². The molecular formula is C16H20N2S. The fourth-order valence-electron chi connectivity index (χ4n) is 2.64. The Balaban J connectivity index is 1.45. The molecule has 3 rings (SSSR count). The van der Waals surface area contributed by atoms with Crippen molar-refractivity contribution in [2.45, 2.75) is 25.6 Å². The third kappa shape index (κ3) is 3.66. The fourth-order valence-corrected chi connectivity index (χ4v) is 3.31. The lowest BCUT2D eigenvalue weighted by Crippen LogP contribution is -2.31. The van der Waals surface area contributed by atoms with E-state index in [2.05, 4.69) is 57.4 Å². The Morgan fingerprint density at radius 3 is 2.84 bits per heavy atom. The molecule has 2 heterocycles. The first-order valence-corrected chi connectivity index (χ1v) is 7.85. The van der Waals surface area contributed by atoms with Crippen LogP contribution in [-0.2, 0) is 13.1 Å². The van der Waals surface area contributed by atoms with Crippen molar-refractivity contribution in [3.63, 3.8) is 0 Å². The van der Waals surface area contributed by atoms with Crippen molar-refractivity contribution in [2.75, 3.05) is 13.1 Å². The van der Waals surface area contributed by atoms with Crippen LogP contribution in [0.4, 0.5) is 0 Å². The summed E-state index contributed by atoms with van der Waals surface area (Å²) in [6.07, 6.45) is 1.26. The summed E-state index contributed by atoms with van der Waals surface area (Å²) in [6, 6.07) is 13.6. The van der Waals surface area contributed by atoms with Crippen LogP contribution in [0.5, 0.6) is 0 Å². The molecule has 19 heavy (non-hydrogen) atoms. The van der Waals surface area contributed by atoms with Crippen molar-refractivity contribution in [1.82, 2.24) is 10.2 Å². The molecule has 0 bridgehead atoms. The predicted molar refractivity (Wildman–Crippen MR) is 81.3 cm³/mol. The minimum absolute atomic E-state index is 0.642. The Bertz CT molecular complexity index is 481. The maximum Gasteiger partial charge on any atom is 0.0234 e. The van der Waals surface area contributed by atoms with E-state index in [0.717, 1.165) is 13.1 Å². The van der Waals surface area contributed by atoms with E-state index in [1.54, 1.807) is 11.3 Å². The molecule has 0 aliphatic carbocycles. The highest BCUT2D eigenvalue weighted by Gasteiger charge is 2.21. The van der Waals surface area contributed by atoms with E-state index in [9.17, 15) is 0 Å². The molecule has 1 fully saturated rings. The van der Waals surface area contributed by atoms with E-state index in [0.29, 0.717) is 6.04 Å². The molecule has 100 valence electrons. The predicted octanol–water partition coefficient (Wildman–Crippen LogP) is 3.11. The smallest absolute Gasteiger partial charge is 0.0234 e. The van der Waals surface area contributed by atoms with Crippen molar-refractivity contribution < 1.29 is 0 Å². The molecule has 0 saturated carbocycles. The third-order valence-corrected chi connectivity index (χ3v) is 4.43. The zero-order chi connectivity index (χ0) is 12.9. The van der Waals surface area contributed by atoms with E-state index in [1.807, 2.05) is 0 Å². The summed E-state index contributed by atoms with van der Waals surface area (Å²) in [4.78, 5) is 2.54.